The standard InChI is InChI=1S/C24H38N6O.HI/c1-5-25-24(26-12-11-20(2)28(4)18-22-9-7-6-8-10-22)30-15-13-29(14-16-30)19-23-17-21(3)31-27-23;/h6-10,17,20H,5,11-16,18-19H2,1-4H3,(H,25,26);1H. The highest BCUT2D eigenvalue weighted by atomic mass is 127. The molecule has 0 bridgehead atoms. The van der Waals surface area contributed by atoms with E-state index in [2.05, 4.69) is 76.4 Å². The fourth-order valence-electron chi connectivity index (χ4n) is 3.87. The van der Waals surface area contributed by atoms with Gasteiger partial charge in [0.15, 0.2) is 5.96 Å². The van der Waals surface area contributed by atoms with E-state index >= 15 is 0 Å². The molecule has 0 amide bonds. The second-order valence-electron chi connectivity index (χ2n) is 8.47. The minimum Gasteiger partial charge on any atom is -0.361 e. The average molecular weight is 555 g/mol. The maximum Gasteiger partial charge on any atom is 0.194 e. The van der Waals surface area contributed by atoms with Crippen LogP contribution in [0, 0.1) is 6.92 Å². The molecule has 0 aliphatic carbocycles. The zero-order valence-corrected chi connectivity index (χ0v) is 22.3. The first-order valence-corrected chi connectivity index (χ1v) is 11.5. The van der Waals surface area contributed by atoms with Crippen LogP contribution in [0.15, 0.2) is 45.9 Å². The summed E-state index contributed by atoms with van der Waals surface area (Å²) in [6.07, 6.45) is 1.05. The van der Waals surface area contributed by atoms with Gasteiger partial charge in [0, 0.05) is 64.5 Å². The zero-order valence-electron chi connectivity index (χ0n) is 20.0. The molecule has 1 aliphatic rings. The van der Waals surface area contributed by atoms with E-state index in [1.54, 1.807) is 0 Å². The van der Waals surface area contributed by atoms with Gasteiger partial charge in [-0.25, -0.2) is 0 Å². The molecule has 1 atom stereocenters. The van der Waals surface area contributed by atoms with Gasteiger partial charge < -0.3 is 14.7 Å². The number of halogens is 1. The molecule has 1 aromatic heterocycles. The topological polar surface area (TPSA) is 60.1 Å². The van der Waals surface area contributed by atoms with Crippen LogP contribution < -0.4 is 5.32 Å². The second kappa shape index (κ2) is 13.8. The number of guanidine groups is 1. The molecule has 1 saturated heterocycles. The Morgan fingerprint density at radius 3 is 2.56 bits per heavy atom. The van der Waals surface area contributed by atoms with Crippen LogP contribution in [0.1, 0.15) is 37.3 Å². The molecule has 2 aromatic rings. The van der Waals surface area contributed by atoms with E-state index < -0.39 is 0 Å². The number of nitrogens with one attached hydrogen (secondary N) is 1. The summed E-state index contributed by atoms with van der Waals surface area (Å²) in [5, 5.41) is 7.60. The van der Waals surface area contributed by atoms with Crippen LogP contribution in [-0.4, -0.2) is 78.2 Å². The molecule has 8 heteroatoms. The summed E-state index contributed by atoms with van der Waals surface area (Å²) in [6.45, 7) is 13.9. The Labute approximate surface area is 210 Å². The van der Waals surface area contributed by atoms with E-state index in [0.717, 1.165) is 76.2 Å². The van der Waals surface area contributed by atoms with Crippen molar-refractivity contribution in [1.29, 1.82) is 0 Å². The lowest BCUT2D eigenvalue weighted by Crippen LogP contribution is -2.52. The monoisotopic (exact) mass is 554 g/mol. The maximum absolute atomic E-state index is 5.19. The SMILES string of the molecule is CCNC(=NCCC(C)N(C)Cc1ccccc1)N1CCN(Cc2cc(C)on2)CC1.I. The summed E-state index contributed by atoms with van der Waals surface area (Å²) in [7, 11) is 2.20. The van der Waals surface area contributed by atoms with Crippen molar-refractivity contribution in [3.05, 3.63) is 53.4 Å². The number of hydrogen-bond acceptors (Lipinski definition) is 5. The van der Waals surface area contributed by atoms with Gasteiger partial charge in [0.2, 0.25) is 0 Å². The largest absolute Gasteiger partial charge is 0.361 e. The Kier molecular flexibility index (Phi) is 11.5. The fraction of sp³-hybridized carbons (Fsp3) is 0.583. The fourth-order valence-corrected chi connectivity index (χ4v) is 3.87. The van der Waals surface area contributed by atoms with E-state index in [1.807, 2.05) is 13.0 Å². The number of piperazine rings is 1. The molecule has 32 heavy (non-hydrogen) atoms. The van der Waals surface area contributed by atoms with Crippen molar-refractivity contribution in [2.24, 2.45) is 4.99 Å². The summed E-state index contributed by atoms with van der Waals surface area (Å²) in [6, 6.07) is 13.2. The van der Waals surface area contributed by atoms with Crippen molar-refractivity contribution < 1.29 is 4.52 Å². The third kappa shape index (κ3) is 8.37. The van der Waals surface area contributed by atoms with Gasteiger partial charge in [-0.15, -0.1) is 24.0 Å². The summed E-state index contributed by atoms with van der Waals surface area (Å²) in [4.78, 5) is 12.2. The van der Waals surface area contributed by atoms with Gasteiger partial charge in [-0.3, -0.25) is 14.8 Å². The predicted molar refractivity (Wildman–Crippen MR) is 141 cm³/mol. The van der Waals surface area contributed by atoms with Crippen LogP contribution in [0.25, 0.3) is 0 Å². The van der Waals surface area contributed by atoms with Gasteiger partial charge in [-0.05, 0) is 39.8 Å². The van der Waals surface area contributed by atoms with Crippen molar-refractivity contribution in [1.82, 2.24) is 25.2 Å². The highest BCUT2D eigenvalue weighted by Gasteiger charge is 2.20. The van der Waals surface area contributed by atoms with Gasteiger partial charge in [0.1, 0.15) is 5.76 Å². The highest BCUT2D eigenvalue weighted by molar-refractivity contribution is 14.0. The van der Waals surface area contributed by atoms with Crippen molar-refractivity contribution in [2.75, 3.05) is 46.3 Å². The minimum absolute atomic E-state index is 0. The smallest absolute Gasteiger partial charge is 0.194 e. The number of hydrogen-bond donors (Lipinski definition) is 1. The first-order valence-electron chi connectivity index (χ1n) is 11.5. The molecule has 2 heterocycles. The molecule has 1 N–H and O–H groups in total. The number of aliphatic imine (C=N–C) groups is 1. The first-order chi connectivity index (χ1) is 15.0. The summed E-state index contributed by atoms with van der Waals surface area (Å²) in [5.74, 6) is 1.91. The third-order valence-corrected chi connectivity index (χ3v) is 5.90. The Morgan fingerprint density at radius 2 is 1.94 bits per heavy atom. The molecule has 0 spiro atoms. The summed E-state index contributed by atoms with van der Waals surface area (Å²) < 4.78 is 5.19. The third-order valence-electron chi connectivity index (χ3n) is 5.90. The molecule has 1 fully saturated rings. The second-order valence-corrected chi connectivity index (χ2v) is 8.47. The Bertz CT molecular complexity index is 804. The molecular weight excluding hydrogens is 515 g/mol. The Balaban J connectivity index is 0.00000363. The minimum atomic E-state index is 0. The van der Waals surface area contributed by atoms with E-state index in [1.165, 1.54) is 5.56 Å². The zero-order chi connectivity index (χ0) is 22.1. The lowest BCUT2D eigenvalue weighted by atomic mass is 10.1. The molecule has 1 unspecified atom stereocenters. The average Bonchev–Trinajstić information content (AvgIpc) is 3.19. The number of rotatable bonds is 9. The predicted octanol–water partition coefficient (Wildman–Crippen LogP) is 3.59. The van der Waals surface area contributed by atoms with Gasteiger partial charge in [0.25, 0.3) is 0 Å². The lowest BCUT2D eigenvalue weighted by molar-refractivity contribution is 0.168. The van der Waals surface area contributed by atoms with Gasteiger partial charge >= 0.3 is 0 Å². The molecular formula is C24H39IN6O. The van der Waals surface area contributed by atoms with E-state index in [0.29, 0.717) is 6.04 Å². The highest BCUT2D eigenvalue weighted by Crippen LogP contribution is 2.11. The number of aromatic nitrogens is 1. The van der Waals surface area contributed by atoms with E-state index in [4.69, 9.17) is 9.52 Å². The molecule has 3 rings (SSSR count). The van der Waals surface area contributed by atoms with Gasteiger partial charge in [-0.1, -0.05) is 35.5 Å². The van der Waals surface area contributed by atoms with Crippen molar-refractivity contribution in [2.45, 2.75) is 46.3 Å². The normalized spacial score (nSPS) is 16.2. The molecule has 1 aliphatic heterocycles. The van der Waals surface area contributed by atoms with Crippen LogP contribution in [0.2, 0.25) is 0 Å². The maximum atomic E-state index is 5.19. The number of benzene rings is 1. The molecule has 0 saturated carbocycles. The Hall–Kier alpha value is -1.65. The summed E-state index contributed by atoms with van der Waals surface area (Å²) in [5.41, 5.74) is 2.37. The molecule has 178 valence electrons. The van der Waals surface area contributed by atoms with Crippen LogP contribution in [0.5, 0.6) is 0 Å². The quantitative estimate of drug-likeness (QED) is 0.291. The summed E-state index contributed by atoms with van der Waals surface area (Å²) >= 11 is 0. The Morgan fingerprint density at radius 1 is 1.22 bits per heavy atom. The van der Waals surface area contributed by atoms with Crippen LogP contribution in [0.4, 0.5) is 0 Å². The number of nitrogens with zero attached hydrogens (tertiary/aromatic N) is 5. The molecule has 1 aromatic carbocycles. The van der Waals surface area contributed by atoms with Crippen molar-refractivity contribution in [3.63, 3.8) is 0 Å². The lowest BCUT2D eigenvalue weighted by Gasteiger charge is -2.36. The van der Waals surface area contributed by atoms with Crippen molar-refractivity contribution in [3.8, 4) is 0 Å². The van der Waals surface area contributed by atoms with E-state index in [9.17, 15) is 0 Å². The van der Waals surface area contributed by atoms with Crippen LogP contribution >= 0.6 is 24.0 Å². The molecule has 7 nitrogen and oxygen atoms in total. The van der Waals surface area contributed by atoms with E-state index in [-0.39, 0.29) is 24.0 Å². The molecule has 0 radical (unpaired) electrons. The first kappa shape index (κ1) is 26.6. The van der Waals surface area contributed by atoms with Crippen LogP contribution in [0.3, 0.4) is 0 Å². The van der Waals surface area contributed by atoms with Crippen molar-refractivity contribution >= 4 is 29.9 Å². The number of aryl methyl sites for hydroxylation is 1. The van der Waals surface area contributed by atoms with Crippen LogP contribution in [-0.2, 0) is 13.1 Å². The van der Waals surface area contributed by atoms with Gasteiger partial charge in [0.05, 0.1) is 5.69 Å². The van der Waals surface area contributed by atoms with Gasteiger partial charge in [-0.2, -0.15) is 0 Å².